The molecule has 0 spiro atoms. The summed E-state index contributed by atoms with van der Waals surface area (Å²) in [5.41, 5.74) is 0.987. The Hall–Kier alpha value is -0.930. The van der Waals surface area contributed by atoms with E-state index in [0.29, 0.717) is 6.04 Å². The number of nitrogens with zero attached hydrogens (tertiary/aromatic N) is 1. The molecule has 0 fully saturated rings. The van der Waals surface area contributed by atoms with Gasteiger partial charge in [0.05, 0.1) is 0 Å². The van der Waals surface area contributed by atoms with E-state index in [1.807, 2.05) is 6.07 Å². The van der Waals surface area contributed by atoms with Crippen molar-refractivity contribution in [1.82, 2.24) is 10.2 Å². The molecule has 1 unspecified atom stereocenters. The van der Waals surface area contributed by atoms with Gasteiger partial charge in [-0.05, 0) is 38.7 Å². The van der Waals surface area contributed by atoms with E-state index in [1.165, 1.54) is 6.07 Å². The summed E-state index contributed by atoms with van der Waals surface area (Å²) >= 11 is 0. The molecule has 0 amide bonds. The van der Waals surface area contributed by atoms with Gasteiger partial charge in [-0.2, -0.15) is 0 Å². The first kappa shape index (κ1) is 12.1. The molecule has 2 nitrogen and oxygen atoms in total. The molecule has 0 saturated carbocycles. The molecule has 0 aliphatic heterocycles. The third kappa shape index (κ3) is 4.40. The SMILES string of the molecule is CC(CNCc1cccc(F)c1)N(C)C. The van der Waals surface area contributed by atoms with Gasteiger partial charge < -0.3 is 10.2 Å². The lowest BCUT2D eigenvalue weighted by Gasteiger charge is -2.20. The van der Waals surface area contributed by atoms with E-state index in [4.69, 9.17) is 0 Å². The highest BCUT2D eigenvalue weighted by molar-refractivity contribution is 5.15. The summed E-state index contributed by atoms with van der Waals surface area (Å²) in [5.74, 6) is -0.171. The van der Waals surface area contributed by atoms with Crippen molar-refractivity contribution in [3.63, 3.8) is 0 Å². The second-order valence-electron chi connectivity index (χ2n) is 4.07. The van der Waals surface area contributed by atoms with Gasteiger partial charge in [-0.15, -0.1) is 0 Å². The Morgan fingerprint density at radius 3 is 2.73 bits per heavy atom. The third-order valence-electron chi connectivity index (χ3n) is 2.54. The van der Waals surface area contributed by atoms with Crippen molar-refractivity contribution in [2.24, 2.45) is 0 Å². The van der Waals surface area contributed by atoms with Crippen LogP contribution in [0.15, 0.2) is 24.3 Å². The normalized spacial score (nSPS) is 13.1. The molecular formula is C12H19FN2. The summed E-state index contributed by atoms with van der Waals surface area (Å²) in [6.45, 7) is 3.78. The van der Waals surface area contributed by atoms with Crippen molar-refractivity contribution in [2.75, 3.05) is 20.6 Å². The smallest absolute Gasteiger partial charge is 0.123 e. The molecule has 0 saturated heterocycles. The van der Waals surface area contributed by atoms with Crippen LogP contribution in [0.2, 0.25) is 0 Å². The largest absolute Gasteiger partial charge is 0.311 e. The van der Waals surface area contributed by atoms with Gasteiger partial charge in [0.2, 0.25) is 0 Å². The van der Waals surface area contributed by atoms with E-state index < -0.39 is 0 Å². The molecule has 0 radical (unpaired) electrons. The van der Waals surface area contributed by atoms with Crippen molar-refractivity contribution in [2.45, 2.75) is 19.5 Å². The van der Waals surface area contributed by atoms with Crippen LogP contribution in [0.3, 0.4) is 0 Å². The van der Waals surface area contributed by atoms with Gasteiger partial charge in [-0.3, -0.25) is 0 Å². The van der Waals surface area contributed by atoms with Gasteiger partial charge in [0.25, 0.3) is 0 Å². The van der Waals surface area contributed by atoms with E-state index in [1.54, 1.807) is 12.1 Å². The van der Waals surface area contributed by atoms with E-state index in [-0.39, 0.29) is 5.82 Å². The summed E-state index contributed by atoms with van der Waals surface area (Å²) in [6, 6.07) is 7.18. The van der Waals surface area contributed by atoms with Crippen LogP contribution in [0.5, 0.6) is 0 Å². The van der Waals surface area contributed by atoms with Crippen LogP contribution in [0.4, 0.5) is 4.39 Å². The van der Waals surface area contributed by atoms with Crippen molar-refractivity contribution < 1.29 is 4.39 Å². The minimum Gasteiger partial charge on any atom is -0.311 e. The summed E-state index contributed by atoms with van der Waals surface area (Å²) in [5, 5.41) is 3.30. The molecule has 1 aromatic rings. The second kappa shape index (κ2) is 5.83. The average molecular weight is 210 g/mol. The zero-order chi connectivity index (χ0) is 11.3. The molecule has 1 N–H and O–H groups in total. The second-order valence-corrected chi connectivity index (χ2v) is 4.07. The summed E-state index contributed by atoms with van der Waals surface area (Å²) in [7, 11) is 4.10. The first-order valence-electron chi connectivity index (χ1n) is 5.21. The van der Waals surface area contributed by atoms with Gasteiger partial charge in [0.1, 0.15) is 5.82 Å². The highest BCUT2D eigenvalue weighted by Gasteiger charge is 2.03. The van der Waals surface area contributed by atoms with Crippen LogP contribution < -0.4 is 5.32 Å². The first-order chi connectivity index (χ1) is 7.09. The van der Waals surface area contributed by atoms with Crippen molar-refractivity contribution in [3.8, 4) is 0 Å². The van der Waals surface area contributed by atoms with Gasteiger partial charge in [0, 0.05) is 19.1 Å². The van der Waals surface area contributed by atoms with Crippen molar-refractivity contribution in [3.05, 3.63) is 35.6 Å². The van der Waals surface area contributed by atoms with Gasteiger partial charge in [-0.1, -0.05) is 12.1 Å². The minimum atomic E-state index is -0.171. The molecule has 0 bridgehead atoms. The molecule has 1 aromatic carbocycles. The molecule has 1 rings (SSSR count). The maximum Gasteiger partial charge on any atom is 0.123 e. The van der Waals surface area contributed by atoms with E-state index in [0.717, 1.165) is 18.7 Å². The van der Waals surface area contributed by atoms with E-state index >= 15 is 0 Å². The van der Waals surface area contributed by atoms with E-state index in [9.17, 15) is 4.39 Å². The Morgan fingerprint density at radius 1 is 1.40 bits per heavy atom. The molecule has 0 aliphatic rings. The lowest BCUT2D eigenvalue weighted by molar-refractivity contribution is 0.302. The quantitative estimate of drug-likeness (QED) is 0.798. The number of hydrogen-bond donors (Lipinski definition) is 1. The van der Waals surface area contributed by atoms with Crippen LogP contribution in [0, 0.1) is 5.82 Å². The number of rotatable bonds is 5. The first-order valence-corrected chi connectivity index (χ1v) is 5.21. The predicted octanol–water partition coefficient (Wildman–Crippen LogP) is 1.87. The predicted molar refractivity (Wildman–Crippen MR) is 61.3 cm³/mol. The Kier molecular flexibility index (Phi) is 4.72. The zero-order valence-electron chi connectivity index (χ0n) is 9.63. The maximum absolute atomic E-state index is 12.8. The van der Waals surface area contributed by atoms with Gasteiger partial charge in [0.15, 0.2) is 0 Å². The molecule has 0 heterocycles. The van der Waals surface area contributed by atoms with Crippen LogP contribution in [-0.2, 0) is 6.54 Å². The minimum absolute atomic E-state index is 0.171. The molecule has 15 heavy (non-hydrogen) atoms. The number of likely N-dealkylation sites (N-methyl/N-ethyl adjacent to an activating group) is 1. The molecule has 84 valence electrons. The average Bonchev–Trinajstić information content (AvgIpc) is 2.17. The Balaban J connectivity index is 2.32. The maximum atomic E-state index is 12.8. The van der Waals surface area contributed by atoms with Crippen LogP contribution in [-0.4, -0.2) is 31.6 Å². The summed E-state index contributed by atoms with van der Waals surface area (Å²) in [4.78, 5) is 2.15. The summed E-state index contributed by atoms with van der Waals surface area (Å²) in [6.07, 6.45) is 0. The van der Waals surface area contributed by atoms with Crippen LogP contribution in [0.25, 0.3) is 0 Å². The lowest BCUT2D eigenvalue weighted by atomic mass is 10.2. The number of hydrogen-bond acceptors (Lipinski definition) is 2. The van der Waals surface area contributed by atoms with Crippen molar-refractivity contribution in [1.29, 1.82) is 0 Å². The standard InChI is InChI=1S/C12H19FN2/c1-10(15(2)3)8-14-9-11-5-4-6-12(13)7-11/h4-7,10,14H,8-9H2,1-3H3. The number of halogens is 1. The summed E-state index contributed by atoms with van der Waals surface area (Å²) < 4.78 is 12.8. The fraction of sp³-hybridized carbons (Fsp3) is 0.500. The molecule has 1 atom stereocenters. The molecule has 3 heteroatoms. The number of nitrogens with one attached hydrogen (secondary N) is 1. The monoisotopic (exact) mass is 210 g/mol. The molecular weight excluding hydrogens is 191 g/mol. The Bertz CT molecular complexity index is 299. The van der Waals surface area contributed by atoms with Crippen LogP contribution >= 0.6 is 0 Å². The zero-order valence-corrected chi connectivity index (χ0v) is 9.63. The molecule has 0 aromatic heterocycles. The third-order valence-corrected chi connectivity index (χ3v) is 2.54. The lowest BCUT2D eigenvalue weighted by Crippen LogP contribution is -2.35. The fourth-order valence-corrected chi connectivity index (χ4v) is 1.25. The highest BCUT2D eigenvalue weighted by Crippen LogP contribution is 2.02. The highest BCUT2D eigenvalue weighted by atomic mass is 19.1. The van der Waals surface area contributed by atoms with Gasteiger partial charge in [-0.25, -0.2) is 4.39 Å². The fourth-order valence-electron chi connectivity index (χ4n) is 1.25. The van der Waals surface area contributed by atoms with E-state index in [2.05, 4.69) is 31.2 Å². The molecule has 0 aliphatic carbocycles. The number of benzene rings is 1. The topological polar surface area (TPSA) is 15.3 Å². The van der Waals surface area contributed by atoms with Gasteiger partial charge >= 0.3 is 0 Å². The van der Waals surface area contributed by atoms with Crippen LogP contribution in [0.1, 0.15) is 12.5 Å². The Morgan fingerprint density at radius 2 is 2.13 bits per heavy atom. The Labute approximate surface area is 91.1 Å². The van der Waals surface area contributed by atoms with Crippen molar-refractivity contribution >= 4 is 0 Å².